The van der Waals surface area contributed by atoms with Crippen LogP contribution in [-0.4, -0.2) is 45.3 Å². The van der Waals surface area contributed by atoms with Crippen molar-refractivity contribution < 1.29 is 4.39 Å². The van der Waals surface area contributed by atoms with Gasteiger partial charge in [-0.2, -0.15) is 0 Å². The zero-order valence-electron chi connectivity index (χ0n) is 11.4. The summed E-state index contributed by atoms with van der Waals surface area (Å²) in [5, 5.41) is 3.39. The maximum Gasteiger partial charge on any atom is 0.123 e. The summed E-state index contributed by atoms with van der Waals surface area (Å²) < 4.78 is 12.9. The zero-order valence-corrected chi connectivity index (χ0v) is 12.4. The van der Waals surface area contributed by atoms with Crippen LogP contribution in [0.15, 0.2) is 24.3 Å². The first-order valence-corrected chi connectivity index (χ1v) is 10.1. The lowest BCUT2D eigenvalue weighted by atomic mass is 10.2. The highest BCUT2D eigenvalue weighted by molar-refractivity contribution is 6.77. The molecular formula is C14H23FN2Si. The summed E-state index contributed by atoms with van der Waals surface area (Å²) in [5.74, 6) is -0.139. The number of rotatable bonds is 4. The van der Waals surface area contributed by atoms with Crippen LogP contribution in [0.5, 0.6) is 0 Å². The molecule has 0 amide bonds. The van der Waals surface area contributed by atoms with E-state index in [-0.39, 0.29) is 5.82 Å². The van der Waals surface area contributed by atoms with Gasteiger partial charge in [-0.25, -0.2) is 4.39 Å². The second kappa shape index (κ2) is 5.95. The van der Waals surface area contributed by atoms with Crippen LogP contribution in [0.25, 0.3) is 0 Å². The molecule has 4 heteroatoms. The second-order valence-electron chi connectivity index (χ2n) is 5.99. The van der Waals surface area contributed by atoms with E-state index in [0.717, 1.165) is 19.1 Å². The third kappa shape index (κ3) is 4.19. The molecule has 18 heavy (non-hydrogen) atoms. The Morgan fingerprint density at radius 2 is 1.78 bits per heavy atom. The standard InChI is InChI=1S/C14H23FN2Si/c1-18(2,12-17-9-7-16-8-10-17)11-13-3-5-14(15)6-4-13/h3-6,16H,7-12H2,1-2H3. The number of nitrogens with one attached hydrogen (secondary N) is 1. The van der Waals surface area contributed by atoms with Gasteiger partial charge < -0.3 is 10.2 Å². The Morgan fingerprint density at radius 3 is 2.39 bits per heavy atom. The number of benzene rings is 1. The van der Waals surface area contributed by atoms with E-state index in [1.165, 1.54) is 24.8 Å². The van der Waals surface area contributed by atoms with Gasteiger partial charge in [0.15, 0.2) is 0 Å². The molecule has 0 radical (unpaired) electrons. The molecular weight excluding hydrogens is 243 g/mol. The van der Waals surface area contributed by atoms with E-state index in [1.54, 1.807) is 12.1 Å². The Labute approximate surface area is 110 Å². The fourth-order valence-electron chi connectivity index (χ4n) is 2.69. The summed E-state index contributed by atoms with van der Waals surface area (Å²) in [5.41, 5.74) is 1.28. The van der Waals surface area contributed by atoms with E-state index < -0.39 is 8.07 Å². The average molecular weight is 266 g/mol. The van der Waals surface area contributed by atoms with Crippen LogP contribution in [0.4, 0.5) is 4.39 Å². The summed E-state index contributed by atoms with van der Waals surface area (Å²) >= 11 is 0. The molecule has 1 aromatic rings. The Morgan fingerprint density at radius 1 is 1.17 bits per heavy atom. The summed E-state index contributed by atoms with van der Waals surface area (Å²) in [7, 11) is -1.27. The van der Waals surface area contributed by atoms with Gasteiger partial charge in [0.25, 0.3) is 0 Å². The van der Waals surface area contributed by atoms with Crippen LogP contribution < -0.4 is 5.32 Å². The average Bonchev–Trinajstić information content (AvgIpc) is 2.32. The molecule has 1 heterocycles. The Hall–Kier alpha value is -0.713. The first kappa shape index (κ1) is 13.7. The lowest BCUT2D eigenvalue weighted by Gasteiger charge is -2.34. The minimum absolute atomic E-state index is 0.139. The second-order valence-corrected chi connectivity index (χ2v) is 11.0. The smallest absolute Gasteiger partial charge is 0.123 e. The van der Waals surface area contributed by atoms with Crippen molar-refractivity contribution in [2.24, 2.45) is 0 Å². The van der Waals surface area contributed by atoms with Crippen LogP contribution in [0.3, 0.4) is 0 Å². The van der Waals surface area contributed by atoms with Crippen LogP contribution in [0, 0.1) is 5.82 Å². The highest BCUT2D eigenvalue weighted by Crippen LogP contribution is 2.14. The molecule has 0 spiro atoms. The molecule has 2 rings (SSSR count). The predicted molar refractivity (Wildman–Crippen MR) is 76.9 cm³/mol. The molecule has 0 aliphatic carbocycles. The molecule has 0 atom stereocenters. The number of hydrogen-bond donors (Lipinski definition) is 1. The first-order chi connectivity index (χ1) is 8.55. The van der Waals surface area contributed by atoms with E-state index >= 15 is 0 Å². The van der Waals surface area contributed by atoms with E-state index in [9.17, 15) is 4.39 Å². The lowest BCUT2D eigenvalue weighted by molar-refractivity contribution is 0.272. The van der Waals surface area contributed by atoms with Crippen molar-refractivity contribution in [3.63, 3.8) is 0 Å². The monoisotopic (exact) mass is 266 g/mol. The van der Waals surface area contributed by atoms with Gasteiger partial charge in [0, 0.05) is 26.2 Å². The molecule has 1 aliphatic heterocycles. The molecule has 100 valence electrons. The van der Waals surface area contributed by atoms with Crippen molar-refractivity contribution in [3.8, 4) is 0 Å². The van der Waals surface area contributed by atoms with Crippen molar-refractivity contribution in [1.82, 2.24) is 10.2 Å². The van der Waals surface area contributed by atoms with Gasteiger partial charge >= 0.3 is 0 Å². The number of hydrogen-bond acceptors (Lipinski definition) is 2. The van der Waals surface area contributed by atoms with E-state index in [0.29, 0.717) is 0 Å². The predicted octanol–water partition coefficient (Wildman–Crippen LogP) is 2.06. The molecule has 1 fully saturated rings. The van der Waals surface area contributed by atoms with Crippen LogP contribution in [0.2, 0.25) is 13.1 Å². The van der Waals surface area contributed by atoms with Crippen molar-refractivity contribution in [2.75, 3.05) is 32.3 Å². The van der Waals surface area contributed by atoms with Gasteiger partial charge in [-0.15, -0.1) is 0 Å². The summed E-state index contributed by atoms with van der Waals surface area (Å²) in [6, 6.07) is 8.15. The molecule has 1 aliphatic rings. The van der Waals surface area contributed by atoms with E-state index in [2.05, 4.69) is 23.3 Å². The third-order valence-electron chi connectivity index (χ3n) is 3.46. The molecule has 0 bridgehead atoms. The Kier molecular flexibility index (Phi) is 4.53. The first-order valence-electron chi connectivity index (χ1n) is 6.73. The van der Waals surface area contributed by atoms with Crippen LogP contribution in [0.1, 0.15) is 5.56 Å². The highest BCUT2D eigenvalue weighted by atomic mass is 28.3. The third-order valence-corrected chi connectivity index (χ3v) is 6.13. The fourth-order valence-corrected chi connectivity index (χ4v) is 5.66. The largest absolute Gasteiger partial charge is 0.314 e. The Balaban J connectivity index is 1.91. The van der Waals surface area contributed by atoms with Gasteiger partial charge in [-0.1, -0.05) is 30.8 Å². The molecule has 1 N–H and O–H groups in total. The number of piperazine rings is 1. The highest BCUT2D eigenvalue weighted by Gasteiger charge is 2.25. The van der Waals surface area contributed by atoms with Gasteiger partial charge in [-0.3, -0.25) is 0 Å². The van der Waals surface area contributed by atoms with Gasteiger partial charge in [0.05, 0.1) is 8.07 Å². The van der Waals surface area contributed by atoms with Crippen molar-refractivity contribution in [2.45, 2.75) is 19.1 Å². The topological polar surface area (TPSA) is 15.3 Å². The molecule has 1 saturated heterocycles. The molecule has 0 saturated carbocycles. The number of halogens is 1. The molecule has 0 aromatic heterocycles. The van der Waals surface area contributed by atoms with Crippen molar-refractivity contribution in [3.05, 3.63) is 35.6 Å². The normalized spacial score (nSPS) is 17.9. The van der Waals surface area contributed by atoms with Crippen molar-refractivity contribution >= 4 is 8.07 Å². The van der Waals surface area contributed by atoms with Crippen LogP contribution >= 0.6 is 0 Å². The SMILES string of the molecule is C[Si](C)(Cc1ccc(F)cc1)CN1CCNCC1. The molecule has 1 aromatic carbocycles. The van der Waals surface area contributed by atoms with Crippen LogP contribution in [-0.2, 0) is 6.04 Å². The Bertz CT molecular complexity index is 372. The molecule has 0 unspecified atom stereocenters. The summed E-state index contributed by atoms with van der Waals surface area (Å²) in [6.07, 6.45) is 1.24. The van der Waals surface area contributed by atoms with E-state index in [1.807, 2.05) is 12.1 Å². The lowest BCUT2D eigenvalue weighted by Crippen LogP contribution is -2.51. The number of nitrogens with zero attached hydrogens (tertiary/aromatic N) is 1. The minimum Gasteiger partial charge on any atom is -0.314 e. The maximum atomic E-state index is 12.9. The van der Waals surface area contributed by atoms with Crippen molar-refractivity contribution in [1.29, 1.82) is 0 Å². The summed E-state index contributed by atoms with van der Waals surface area (Å²) in [4.78, 5) is 2.58. The quantitative estimate of drug-likeness (QED) is 0.839. The molecule has 2 nitrogen and oxygen atoms in total. The van der Waals surface area contributed by atoms with Gasteiger partial charge in [0.2, 0.25) is 0 Å². The van der Waals surface area contributed by atoms with Gasteiger partial charge in [-0.05, 0) is 24.3 Å². The summed E-state index contributed by atoms with van der Waals surface area (Å²) in [6.45, 7) is 9.42. The minimum atomic E-state index is -1.27. The zero-order chi connectivity index (χ0) is 13.0. The fraction of sp³-hybridized carbons (Fsp3) is 0.571. The van der Waals surface area contributed by atoms with Gasteiger partial charge in [0.1, 0.15) is 5.82 Å². The maximum absolute atomic E-state index is 12.9. The van der Waals surface area contributed by atoms with E-state index in [4.69, 9.17) is 0 Å².